The summed E-state index contributed by atoms with van der Waals surface area (Å²) < 4.78 is 12.9. The zero-order valence-electron chi connectivity index (χ0n) is 11.3. The third-order valence-electron chi connectivity index (χ3n) is 3.59. The highest BCUT2D eigenvalue weighted by molar-refractivity contribution is 5.93. The number of amides is 1. The maximum Gasteiger partial charge on any atom is 0.230 e. The van der Waals surface area contributed by atoms with Gasteiger partial charge in [0.25, 0.3) is 0 Å². The van der Waals surface area contributed by atoms with Crippen LogP contribution < -0.4 is 16.2 Å². The first kappa shape index (κ1) is 13.7. The van der Waals surface area contributed by atoms with Crippen molar-refractivity contribution in [2.24, 2.45) is 5.92 Å². The molecular formula is C16H16FN3O. The standard InChI is InChI=1S/C16H16FN3O/c17-12-6-8-13(9-7-12)19-16(21)14-10-18-20-15(14)11-4-2-1-3-5-11/h1-9,14-15,18,20H,10H2,(H,19,21). The SMILES string of the molecule is O=C(Nc1ccc(F)cc1)C1CNNC1c1ccccc1. The predicted octanol–water partition coefficient (Wildman–Crippen LogP) is 2.23. The Morgan fingerprint density at radius 1 is 1.10 bits per heavy atom. The molecule has 0 aliphatic carbocycles. The van der Waals surface area contributed by atoms with E-state index in [4.69, 9.17) is 0 Å². The van der Waals surface area contributed by atoms with Gasteiger partial charge in [0.05, 0.1) is 12.0 Å². The highest BCUT2D eigenvalue weighted by atomic mass is 19.1. The van der Waals surface area contributed by atoms with Gasteiger partial charge >= 0.3 is 0 Å². The van der Waals surface area contributed by atoms with E-state index in [9.17, 15) is 9.18 Å². The molecule has 0 saturated carbocycles. The molecule has 2 aromatic rings. The van der Waals surface area contributed by atoms with Crippen LogP contribution >= 0.6 is 0 Å². The van der Waals surface area contributed by atoms with Crippen LogP contribution in [0.5, 0.6) is 0 Å². The van der Waals surface area contributed by atoms with E-state index in [1.165, 1.54) is 12.1 Å². The zero-order valence-corrected chi connectivity index (χ0v) is 11.3. The highest BCUT2D eigenvalue weighted by Gasteiger charge is 2.33. The van der Waals surface area contributed by atoms with Crippen molar-refractivity contribution in [3.63, 3.8) is 0 Å². The lowest BCUT2D eigenvalue weighted by Gasteiger charge is -2.18. The number of halogens is 1. The lowest BCUT2D eigenvalue weighted by molar-refractivity contribution is -0.119. The first-order chi connectivity index (χ1) is 10.2. The molecule has 1 aliphatic heterocycles. The third kappa shape index (κ3) is 3.09. The molecule has 2 unspecified atom stereocenters. The maximum absolute atomic E-state index is 12.9. The predicted molar refractivity (Wildman–Crippen MR) is 78.8 cm³/mol. The summed E-state index contributed by atoms with van der Waals surface area (Å²) in [6.07, 6.45) is 0. The molecule has 3 N–H and O–H groups in total. The molecule has 4 nitrogen and oxygen atoms in total. The number of hydrogen-bond acceptors (Lipinski definition) is 3. The molecule has 1 amide bonds. The zero-order chi connectivity index (χ0) is 14.7. The fourth-order valence-electron chi connectivity index (χ4n) is 2.49. The lowest BCUT2D eigenvalue weighted by atomic mass is 9.94. The minimum Gasteiger partial charge on any atom is -0.326 e. The number of carbonyl (C=O) groups is 1. The first-order valence-corrected chi connectivity index (χ1v) is 6.84. The number of hydrogen-bond donors (Lipinski definition) is 3. The second-order valence-corrected chi connectivity index (χ2v) is 5.02. The molecule has 21 heavy (non-hydrogen) atoms. The van der Waals surface area contributed by atoms with Gasteiger partial charge in [0, 0.05) is 12.2 Å². The summed E-state index contributed by atoms with van der Waals surface area (Å²) in [4.78, 5) is 12.4. The number of anilines is 1. The van der Waals surface area contributed by atoms with Gasteiger partial charge in [-0.1, -0.05) is 30.3 Å². The van der Waals surface area contributed by atoms with Gasteiger partial charge in [0.2, 0.25) is 5.91 Å². The smallest absolute Gasteiger partial charge is 0.230 e. The summed E-state index contributed by atoms with van der Waals surface area (Å²) in [6.45, 7) is 0.548. The first-order valence-electron chi connectivity index (χ1n) is 6.84. The average Bonchev–Trinajstić information content (AvgIpc) is 3.00. The molecule has 3 rings (SSSR count). The van der Waals surface area contributed by atoms with Crippen LogP contribution in [0, 0.1) is 11.7 Å². The Labute approximate surface area is 122 Å². The summed E-state index contributed by atoms with van der Waals surface area (Å²) in [5.74, 6) is -0.634. The van der Waals surface area contributed by atoms with E-state index in [0.29, 0.717) is 12.2 Å². The van der Waals surface area contributed by atoms with Crippen LogP contribution in [-0.2, 0) is 4.79 Å². The molecule has 1 aliphatic rings. The molecular weight excluding hydrogens is 269 g/mol. The van der Waals surface area contributed by atoms with E-state index < -0.39 is 0 Å². The third-order valence-corrected chi connectivity index (χ3v) is 3.59. The summed E-state index contributed by atoms with van der Waals surface area (Å²) in [7, 11) is 0. The number of hydrazine groups is 1. The largest absolute Gasteiger partial charge is 0.326 e. The van der Waals surface area contributed by atoms with Crippen LogP contribution in [0.2, 0.25) is 0 Å². The van der Waals surface area contributed by atoms with Crippen LogP contribution in [0.25, 0.3) is 0 Å². The summed E-state index contributed by atoms with van der Waals surface area (Å²) in [5, 5.41) is 2.83. The molecule has 0 radical (unpaired) electrons. The van der Waals surface area contributed by atoms with E-state index in [-0.39, 0.29) is 23.7 Å². The minimum absolute atomic E-state index is 0.0772. The number of benzene rings is 2. The Hall–Kier alpha value is -2.24. The van der Waals surface area contributed by atoms with E-state index in [1.807, 2.05) is 30.3 Å². The molecule has 0 spiro atoms. The fraction of sp³-hybridized carbons (Fsp3) is 0.188. The van der Waals surface area contributed by atoms with Gasteiger partial charge in [0.15, 0.2) is 0 Å². The molecule has 1 heterocycles. The second kappa shape index (κ2) is 6.03. The minimum atomic E-state index is -0.320. The van der Waals surface area contributed by atoms with Gasteiger partial charge in [-0.3, -0.25) is 10.2 Å². The van der Waals surface area contributed by atoms with Crippen LogP contribution in [0.4, 0.5) is 10.1 Å². The van der Waals surface area contributed by atoms with Crippen LogP contribution in [0.15, 0.2) is 54.6 Å². The van der Waals surface area contributed by atoms with Crippen molar-refractivity contribution in [3.05, 3.63) is 66.0 Å². The van der Waals surface area contributed by atoms with Gasteiger partial charge in [-0.2, -0.15) is 0 Å². The van der Waals surface area contributed by atoms with Crippen molar-refractivity contribution < 1.29 is 9.18 Å². The van der Waals surface area contributed by atoms with Gasteiger partial charge in [-0.05, 0) is 29.8 Å². The Morgan fingerprint density at radius 3 is 2.52 bits per heavy atom. The van der Waals surface area contributed by atoms with Crippen LogP contribution in [-0.4, -0.2) is 12.5 Å². The molecule has 0 bridgehead atoms. The second-order valence-electron chi connectivity index (χ2n) is 5.02. The fourth-order valence-corrected chi connectivity index (χ4v) is 2.49. The Kier molecular flexibility index (Phi) is 3.94. The van der Waals surface area contributed by atoms with E-state index in [2.05, 4.69) is 16.2 Å². The number of rotatable bonds is 3. The van der Waals surface area contributed by atoms with Gasteiger partial charge in [-0.25, -0.2) is 9.82 Å². The van der Waals surface area contributed by atoms with Crippen molar-refractivity contribution in [2.75, 3.05) is 11.9 Å². The molecule has 108 valence electrons. The normalized spacial score (nSPS) is 21.2. The van der Waals surface area contributed by atoms with Crippen LogP contribution in [0.1, 0.15) is 11.6 Å². The van der Waals surface area contributed by atoms with Gasteiger partial charge in [-0.15, -0.1) is 0 Å². The average molecular weight is 285 g/mol. The van der Waals surface area contributed by atoms with Crippen molar-refractivity contribution in [1.82, 2.24) is 10.9 Å². The summed E-state index contributed by atoms with van der Waals surface area (Å²) in [5.41, 5.74) is 7.81. The topological polar surface area (TPSA) is 53.2 Å². The molecule has 5 heteroatoms. The van der Waals surface area contributed by atoms with Crippen molar-refractivity contribution in [3.8, 4) is 0 Å². The quantitative estimate of drug-likeness (QED) is 0.810. The number of carbonyl (C=O) groups excluding carboxylic acids is 1. The monoisotopic (exact) mass is 285 g/mol. The molecule has 2 aromatic carbocycles. The van der Waals surface area contributed by atoms with Gasteiger partial charge in [0.1, 0.15) is 5.82 Å². The highest BCUT2D eigenvalue weighted by Crippen LogP contribution is 2.25. The van der Waals surface area contributed by atoms with E-state index >= 15 is 0 Å². The lowest BCUT2D eigenvalue weighted by Crippen LogP contribution is -2.29. The van der Waals surface area contributed by atoms with E-state index in [0.717, 1.165) is 5.56 Å². The molecule has 1 fully saturated rings. The Balaban J connectivity index is 1.73. The van der Waals surface area contributed by atoms with Crippen molar-refractivity contribution in [1.29, 1.82) is 0 Å². The summed E-state index contributed by atoms with van der Waals surface area (Å²) in [6, 6.07) is 15.5. The van der Waals surface area contributed by atoms with E-state index in [1.54, 1.807) is 12.1 Å². The van der Waals surface area contributed by atoms with Crippen LogP contribution in [0.3, 0.4) is 0 Å². The summed E-state index contributed by atoms with van der Waals surface area (Å²) >= 11 is 0. The number of nitrogens with one attached hydrogen (secondary N) is 3. The Morgan fingerprint density at radius 2 is 1.81 bits per heavy atom. The van der Waals surface area contributed by atoms with Crippen molar-refractivity contribution >= 4 is 11.6 Å². The van der Waals surface area contributed by atoms with Crippen molar-refractivity contribution in [2.45, 2.75) is 6.04 Å². The molecule has 1 saturated heterocycles. The molecule has 2 atom stereocenters. The Bertz CT molecular complexity index is 615. The van der Waals surface area contributed by atoms with Gasteiger partial charge < -0.3 is 5.32 Å². The maximum atomic E-state index is 12.9. The molecule has 0 aromatic heterocycles.